The summed E-state index contributed by atoms with van der Waals surface area (Å²) in [6, 6.07) is 0. The average Bonchev–Trinajstić information content (AvgIpc) is 3.04. The maximum absolute atomic E-state index is 11.4. The van der Waals surface area contributed by atoms with E-state index in [2.05, 4.69) is 4.74 Å². The van der Waals surface area contributed by atoms with E-state index in [4.69, 9.17) is 0 Å². The fourth-order valence-corrected chi connectivity index (χ4v) is 1.64. The molecular weight excluding hydrogens is 196 g/mol. The van der Waals surface area contributed by atoms with Crippen LogP contribution in [0.5, 0.6) is 0 Å². The molecule has 2 fully saturated rings. The van der Waals surface area contributed by atoms with Crippen LogP contribution in [0.3, 0.4) is 0 Å². The van der Waals surface area contributed by atoms with E-state index in [-0.39, 0.29) is 17.5 Å². The van der Waals surface area contributed by atoms with E-state index < -0.39 is 11.4 Å². The number of aliphatic hydroxyl groups is 1. The third-order valence-electron chi connectivity index (χ3n) is 3.08. The zero-order valence-corrected chi connectivity index (χ0v) is 8.66. The van der Waals surface area contributed by atoms with Crippen molar-refractivity contribution in [2.75, 3.05) is 7.11 Å². The highest BCUT2D eigenvalue weighted by molar-refractivity contribution is 5.95. The van der Waals surface area contributed by atoms with E-state index in [1.54, 1.807) is 0 Å². The van der Waals surface area contributed by atoms with Crippen molar-refractivity contribution in [3.8, 4) is 0 Å². The molecule has 2 saturated carbocycles. The van der Waals surface area contributed by atoms with Gasteiger partial charge in [-0.25, -0.2) is 0 Å². The van der Waals surface area contributed by atoms with Crippen molar-refractivity contribution in [2.24, 2.45) is 11.3 Å². The Labute approximate surface area is 87.9 Å². The molecule has 2 aliphatic carbocycles. The molecule has 4 nitrogen and oxygen atoms in total. The summed E-state index contributed by atoms with van der Waals surface area (Å²) in [5.41, 5.74) is -0.903. The Morgan fingerprint density at radius 3 is 2.40 bits per heavy atom. The van der Waals surface area contributed by atoms with Gasteiger partial charge in [0.2, 0.25) is 0 Å². The predicted molar refractivity (Wildman–Crippen MR) is 52.1 cm³/mol. The Bertz CT molecular complexity index is 334. The van der Waals surface area contributed by atoms with E-state index in [1.165, 1.54) is 13.2 Å². The van der Waals surface area contributed by atoms with E-state index in [0.717, 1.165) is 12.8 Å². The van der Waals surface area contributed by atoms with E-state index in [0.29, 0.717) is 12.8 Å². The van der Waals surface area contributed by atoms with Crippen molar-refractivity contribution in [1.82, 2.24) is 0 Å². The molecule has 0 aromatic heterocycles. The lowest BCUT2D eigenvalue weighted by molar-refractivity contribution is -0.146. The zero-order chi connectivity index (χ0) is 11.1. The molecule has 0 atom stereocenters. The van der Waals surface area contributed by atoms with Gasteiger partial charge in [-0.3, -0.25) is 9.59 Å². The molecular formula is C11H14O4. The normalized spacial score (nSPS) is 23.4. The van der Waals surface area contributed by atoms with E-state index in [9.17, 15) is 14.7 Å². The molecule has 0 spiro atoms. The first kappa shape index (κ1) is 10.2. The second-order valence-electron chi connectivity index (χ2n) is 4.28. The van der Waals surface area contributed by atoms with Crippen LogP contribution < -0.4 is 0 Å². The van der Waals surface area contributed by atoms with Gasteiger partial charge in [0.05, 0.1) is 7.11 Å². The second kappa shape index (κ2) is 3.36. The molecule has 0 unspecified atom stereocenters. The molecule has 82 valence electrons. The zero-order valence-electron chi connectivity index (χ0n) is 8.66. The minimum atomic E-state index is -0.903. The maximum atomic E-state index is 11.4. The Hall–Kier alpha value is -1.32. The second-order valence-corrected chi connectivity index (χ2v) is 4.28. The molecule has 0 saturated heterocycles. The number of aliphatic hydroxyl groups excluding tert-OH is 1. The highest BCUT2D eigenvalue weighted by Gasteiger charge is 2.55. The number of ketones is 1. The fraction of sp³-hybridized carbons (Fsp3) is 0.636. The van der Waals surface area contributed by atoms with Crippen LogP contribution >= 0.6 is 0 Å². The summed E-state index contributed by atoms with van der Waals surface area (Å²) in [6.45, 7) is 0. The summed E-state index contributed by atoms with van der Waals surface area (Å²) in [5, 5.41) is 9.73. The van der Waals surface area contributed by atoms with Gasteiger partial charge in [0, 0.05) is 12.0 Å². The number of ether oxygens (including phenoxy) is 1. The minimum absolute atomic E-state index is 0.0670. The van der Waals surface area contributed by atoms with Crippen molar-refractivity contribution in [3.63, 3.8) is 0 Å². The van der Waals surface area contributed by atoms with Gasteiger partial charge in [-0.05, 0) is 25.7 Å². The smallest absolute Gasteiger partial charge is 0.319 e. The number of esters is 1. The average molecular weight is 210 g/mol. The lowest BCUT2D eigenvalue weighted by atomic mass is 10.0. The van der Waals surface area contributed by atoms with Gasteiger partial charge in [-0.1, -0.05) is 0 Å². The van der Waals surface area contributed by atoms with Crippen molar-refractivity contribution in [1.29, 1.82) is 0 Å². The van der Waals surface area contributed by atoms with Crippen molar-refractivity contribution < 1.29 is 19.4 Å². The Morgan fingerprint density at radius 1 is 1.40 bits per heavy atom. The van der Waals surface area contributed by atoms with Gasteiger partial charge in [-0.15, -0.1) is 0 Å². The topological polar surface area (TPSA) is 63.6 Å². The summed E-state index contributed by atoms with van der Waals surface area (Å²) in [7, 11) is 1.29. The molecule has 0 aromatic carbocycles. The lowest BCUT2D eigenvalue weighted by Crippen LogP contribution is -2.20. The Morgan fingerprint density at radius 2 is 2.00 bits per heavy atom. The molecule has 15 heavy (non-hydrogen) atoms. The van der Waals surface area contributed by atoms with Crippen LogP contribution in [0.25, 0.3) is 0 Å². The van der Waals surface area contributed by atoms with E-state index in [1.807, 2.05) is 0 Å². The van der Waals surface area contributed by atoms with Gasteiger partial charge in [0.1, 0.15) is 11.2 Å². The van der Waals surface area contributed by atoms with Gasteiger partial charge in [-0.2, -0.15) is 0 Å². The summed E-state index contributed by atoms with van der Waals surface area (Å²) in [4.78, 5) is 22.8. The first-order valence-electron chi connectivity index (χ1n) is 5.13. The number of allylic oxidation sites excluding steroid dienone is 1. The van der Waals surface area contributed by atoms with Crippen molar-refractivity contribution in [2.45, 2.75) is 25.7 Å². The molecule has 0 aromatic rings. The summed E-state index contributed by atoms with van der Waals surface area (Å²) in [6.07, 6.45) is 4.14. The number of carbonyl (C=O) groups excluding carboxylic acids is 2. The van der Waals surface area contributed by atoms with Crippen molar-refractivity contribution in [3.05, 3.63) is 11.8 Å². The molecule has 0 amide bonds. The monoisotopic (exact) mass is 210 g/mol. The van der Waals surface area contributed by atoms with Crippen LogP contribution in [-0.4, -0.2) is 24.0 Å². The standard InChI is InChI=1S/C11H14O4/c1-15-10(14)11(4-5-11)9(13)6-8(12)7-2-3-7/h6-7,13H,2-5H2,1H3/b9-6-. The summed E-state index contributed by atoms with van der Waals surface area (Å²) in [5.74, 6) is -0.561. The molecule has 1 N–H and O–H groups in total. The highest BCUT2D eigenvalue weighted by atomic mass is 16.5. The molecule has 0 heterocycles. The predicted octanol–water partition coefficient (Wildman–Crippen LogP) is 1.36. The molecule has 2 rings (SSSR count). The quantitative estimate of drug-likeness (QED) is 0.432. The minimum Gasteiger partial charge on any atom is -0.511 e. The van der Waals surface area contributed by atoms with Gasteiger partial charge in [0.15, 0.2) is 5.78 Å². The van der Waals surface area contributed by atoms with Crippen LogP contribution in [0, 0.1) is 11.3 Å². The molecule has 0 bridgehead atoms. The van der Waals surface area contributed by atoms with Crippen LogP contribution in [0.15, 0.2) is 11.8 Å². The lowest BCUT2D eigenvalue weighted by Gasteiger charge is -2.10. The molecule has 4 heteroatoms. The summed E-state index contributed by atoms with van der Waals surface area (Å²) >= 11 is 0. The number of hydrogen-bond acceptors (Lipinski definition) is 4. The van der Waals surface area contributed by atoms with Crippen LogP contribution in [0.2, 0.25) is 0 Å². The molecule has 2 aliphatic rings. The van der Waals surface area contributed by atoms with Gasteiger partial charge >= 0.3 is 5.97 Å². The number of hydrogen-bond donors (Lipinski definition) is 1. The highest BCUT2D eigenvalue weighted by Crippen LogP contribution is 2.52. The Kier molecular flexibility index (Phi) is 2.29. The molecule has 0 aliphatic heterocycles. The number of rotatable bonds is 4. The van der Waals surface area contributed by atoms with Crippen LogP contribution in [-0.2, 0) is 14.3 Å². The maximum Gasteiger partial charge on any atom is 0.319 e. The first-order chi connectivity index (χ1) is 7.10. The van der Waals surface area contributed by atoms with E-state index >= 15 is 0 Å². The van der Waals surface area contributed by atoms with Crippen molar-refractivity contribution >= 4 is 11.8 Å². The van der Waals surface area contributed by atoms with Crippen LogP contribution in [0.1, 0.15) is 25.7 Å². The fourth-order valence-electron chi connectivity index (χ4n) is 1.64. The Balaban J connectivity index is 2.09. The summed E-state index contributed by atoms with van der Waals surface area (Å²) < 4.78 is 4.61. The first-order valence-corrected chi connectivity index (χ1v) is 5.13. The van der Waals surface area contributed by atoms with Gasteiger partial charge in [0.25, 0.3) is 0 Å². The van der Waals surface area contributed by atoms with Gasteiger partial charge < -0.3 is 9.84 Å². The SMILES string of the molecule is COC(=O)C1(/C(O)=C/C(=O)C2CC2)CC1. The molecule has 0 radical (unpaired) electrons. The third kappa shape index (κ3) is 1.76. The number of methoxy groups -OCH3 is 1. The third-order valence-corrected chi connectivity index (χ3v) is 3.08. The van der Waals surface area contributed by atoms with Crippen LogP contribution in [0.4, 0.5) is 0 Å². The largest absolute Gasteiger partial charge is 0.511 e. The number of carbonyl (C=O) groups is 2.